The normalized spacial score (nSPS) is 28.2. The molecule has 0 aromatic heterocycles. The van der Waals surface area contributed by atoms with Crippen LogP contribution in [0.15, 0.2) is 29.0 Å². The number of hydrogen-bond acceptors (Lipinski definition) is 8. The molecule has 0 heterocycles. The molecule has 4 rings (SSSR count). The Hall–Kier alpha value is -2.88. The standard InChI is InChI=1S/C25H29ClN2O7/c1-3-7-28(8-4-2)19-13-10-11-9-12-14(26)5-6-15(29)17(12)20(30)16(11)22(32)25(13,35)23(33)18(21(19)31)24(27)34/h5-6,11,13,19,29-30,33,35H,3-4,7-10H2,1-2H3,(H2,27,34)/t11-,13-,19-,25-/m0/s1. The number of rotatable bonds is 6. The molecule has 6 N–H and O–H groups in total. The Morgan fingerprint density at radius 3 is 2.37 bits per heavy atom. The number of halogens is 1. The first kappa shape index (κ1) is 25.2. The summed E-state index contributed by atoms with van der Waals surface area (Å²) in [6, 6.07) is 1.70. The Labute approximate surface area is 207 Å². The van der Waals surface area contributed by atoms with Gasteiger partial charge in [0.2, 0.25) is 5.78 Å². The third kappa shape index (κ3) is 3.56. The lowest BCUT2D eigenvalue weighted by atomic mass is 9.57. The quantitative estimate of drug-likeness (QED) is 0.368. The van der Waals surface area contributed by atoms with E-state index >= 15 is 0 Å². The zero-order valence-electron chi connectivity index (χ0n) is 19.5. The fourth-order valence-corrected chi connectivity index (χ4v) is 6.23. The van der Waals surface area contributed by atoms with Crippen LogP contribution in [-0.4, -0.2) is 67.5 Å². The average molecular weight is 505 g/mol. The molecule has 0 aliphatic heterocycles. The molecule has 10 heteroatoms. The number of aromatic hydroxyl groups is 1. The van der Waals surface area contributed by atoms with Gasteiger partial charge in [0.15, 0.2) is 11.4 Å². The van der Waals surface area contributed by atoms with Crippen molar-refractivity contribution in [3.05, 3.63) is 45.2 Å². The van der Waals surface area contributed by atoms with Crippen LogP contribution >= 0.6 is 11.6 Å². The lowest BCUT2D eigenvalue weighted by molar-refractivity contribution is -0.155. The molecule has 35 heavy (non-hydrogen) atoms. The molecule has 1 fully saturated rings. The summed E-state index contributed by atoms with van der Waals surface area (Å²) in [7, 11) is 0. The molecule has 3 aliphatic carbocycles. The molecule has 0 bridgehead atoms. The molecule has 1 aromatic carbocycles. The van der Waals surface area contributed by atoms with E-state index in [2.05, 4.69) is 0 Å². The lowest BCUT2D eigenvalue weighted by Crippen LogP contribution is -2.66. The summed E-state index contributed by atoms with van der Waals surface area (Å²) in [5, 5.41) is 44.4. The average Bonchev–Trinajstić information content (AvgIpc) is 2.78. The van der Waals surface area contributed by atoms with Gasteiger partial charge in [-0.05, 0) is 62.4 Å². The van der Waals surface area contributed by atoms with E-state index in [1.54, 1.807) is 0 Å². The number of ketones is 2. The van der Waals surface area contributed by atoms with E-state index in [1.807, 2.05) is 18.7 Å². The van der Waals surface area contributed by atoms with E-state index < -0.39 is 58.0 Å². The highest BCUT2D eigenvalue weighted by molar-refractivity contribution is 6.32. The maximum Gasteiger partial charge on any atom is 0.255 e. The molecule has 3 aliphatic rings. The summed E-state index contributed by atoms with van der Waals surface area (Å²) in [6.45, 7) is 4.75. The van der Waals surface area contributed by atoms with Crippen molar-refractivity contribution in [3.63, 3.8) is 0 Å². The van der Waals surface area contributed by atoms with E-state index in [-0.39, 0.29) is 29.7 Å². The zero-order chi connectivity index (χ0) is 25.8. The minimum Gasteiger partial charge on any atom is -0.508 e. The monoisotopic (exact) mass is 504 g/mol. The first-order valence-corrected chi connectivity index (χ1v) is 12.1. The fourth-order valence-electron chi connectivity index (χ4n) is 6.00. The van der Waals surface area contributed by atoms with E-state index in [0.29, 0.717) is 36.5 Å². The van der Waals surface area contributed by atoms with Crippen molar-refractivity contribution in [1.29, 1.82) is 0 Å². The van der Waals surface area contributed by atoms with Crippen molar-refractivity contribution in [1.82, 2.24) is 4.90 Å². The Balaban J connectivity index is 1.96. The van der Waals surface area contributed by atoms with Crippen LogP contribution in [0.5, 0.6) is 5.75 Å². The maximum absolute atomic E-state index is 13.8. The number of carbonyl (C=O) groups excluding carboxylic acids is 3. The largest absolute Gasteiger partial charge is 0.508 e. The van der Waals surface area contributed by atoms with Crippen LogP contribution in [0, 0.1) is 11.8 Å². The summed E-state index contributed by atoms with van der Waals surface area (Å²) >= 11 is 6.33. The van der Waals surface area contributed by atoms with Crippen molar-refractivity contribution in [2.24, 2.45) is 17.6 Å². The SMILES string of the molecule is CCCN(CCC)[C@@H]1C(=O)C(C(N)=O)=C(O)[C@@]2(O)C(=O)C3=C(O)c4c(O)ccc(Cl)c4C[C@H]3C[C@@H]12. The Morgan fingerprint density at radius 1 is 1.17 bits per heavy atom. The highest BCUT2D eigenvalue weighted by Gasteiger charge is 2.64. The number of aliphatic hydroxyl groups is 3. The van der Waals surface area contributed by atoms with Crippen molar-refractivity contribution in [2.75, 3.05) is 13.1 Å². The number of fused-ring (bicyclic) bond motifs is 3. The molecule has 0 spiro atoms. The smallest absolute Gasteiger partial charge is 0.255 e. The summed E-state index contributed by atoms with van der Waals surface area (Å²) in [6.07, 6.45) is 1.56. The second-order valence-electron chi connectivity index (χ2n) is 9.45. The lowest BCUT2D eigenvalue weighted by Gasteiger charge is -2.51. The Bertz CT molecular complexity index is 1180. The van der Waals surface area contributed by atoms with E-state index in [9.17, 15) is 34.8 Å². The summed E-state index contributed by atoms with van der Waals surface area (Å²) in [4.78, 5) is 41.4. The number of benzene rings is 1. The number of amides is 1. The Kier molecular flexibility index (Phi) is 6.46. The summed E-state index contributed by atoms with van der Waals surface area (Å²) < 4.78 is 0. The third-order valence-electron chi connectivity index (χ3n) is 7.41. The number of nitrogens with zero attached hydrogens (tertiary/aromatic N) is 1. The van der Waals surface area contributed by atoms with Gasteiger partial charge < -0.3 is 26.2 Å². The highest BCUT2D eigenvalue weighted by atomic mass is 35.5. The van der Waals surface area contributed by atoms with Crippen LogP contribution in [-0.2, 0) is 20.8 Å². The van der Waals surface area contributed by atoms with Crippen LogP contribution in [0.1, 0.15) is 44.2 Å². The molecule has 9 nitrogen and oxygen atoms in total. The second-order valence-corrected chi connectivity index (χ2v) is 9.86. The Morgan fingerprint density at radius 2 is 1.80 bits per heavy atom. The summed E-state index contributed by atoms with van der Waals surface area (Å²) in [5.41, 5.74) is 2.22. The number of phenolic OH excluding ortho intramolecular Hbond substituents is 1. The maximum atomic E-state index is 13.8. The predicted molar refractivity (Wildman–Crippen MR) is 128 cm³/mol. The van der Waals surface area contributed by atoms with E-state index in [0.717, 1.165) is 0 Å². The van der Waals surface area contributed by atoms with E-state index in [4.69, 9.17) is 17.3 Å². The molecule has 0 saturated heterocycles. The van der Waals surface area contributed by atoms with Crippen LogP contribution < -0.4 is 5.73 Å². The number of nitrogens with two attached hydrogens (primary N) is 1. The minimum atomic E-state index is -2.64. The van der Waals surface area contributed by atoms with Crippen molar-refractivity contribution >= 4 is 34.8 Å². The molecule has 4 atom stereocenters. The molecule has 0 radical (unpaired) electrons. The third-order valence-corrected chi connectivity index (χ3v) is 7.76. The first-order chi connectivity index (χ1) is 16.5. The van der Waals surface area contributed by atoms with Gasteiger partial charge in [-0.15, -0.1) is 0 Å². The van der Waals surface area contributed by atoms with Gasteiger partial charge in [-0.1, -0.05) is 25.4 Å². The van der Waals surface area contributed by atoms with Gasteiger partial charge in [-0.2, -0.15) is 0 Å². The first-order valence-electron chi connectivity index (χ1n) is 11.7. The highest BCUT2D eigenvalue weighted by Crippen LogP contribution is 2.53. The molecule has 0 unspecified atom stereocenters. The van der Waals surface area contributed by atoms with E-state index in [1.165, 1.54) is 12.1 Å². The summed E-state index contributed by atoms with van der Waals surface area (Å²) in [5.74, 6) is -6.66. The van der Waals surface area contributed by atoms with Crippen molar-refractivity contribution in [3.8, 4) is 5.75 Å². The predicted octanol–water partition coefficient (Wildman–Crippen LogP) is 2.18. The second kappa shape index (κ2) is 8.96. The minimum absolute atomic E-state index is 0.0141. The number of Topliss-reactive ketones (excluding diaryl/α,β-unsaturated/α-hetero) is 2. The molecule has 1 aromatic rings. The van der Waals surface area contributed by atoms with Gasteiger partial charge in [0, 0.05) is 16.5 Å². The van der Waals surface area contributed by atoms with Crippen LogP contribution in [0.25, 0.3) is 5.76 Å². The van der Waals surface area contributed by atoms with Crippen LogP contribution in [0.3, 0.4) is 0 Å². The molecular formula is C25H29ClN2O7. The van der Waals surface area contributed by atoms with Gasteiger partial charge >= 0.3 is 0 Å². The zero-order valence-corrected chi connectivity index (χ0v) is 20.3. The van der Waals surface area contributed by atoms with Gasteiger partial charge in [-0.25, -0.2) is 0 Å². The van der Waals surface area contributed by atoms with Gasteiger partial charge in [0.25, 0.3) is 5.91 Å². The molecule has 1 saturated carbocycles. The van der Waals surface area contributed by atoms with Gasteiger partial charge in [0.05, 0.1) is 11.6 Å². The van der Waals surface area contributed by atoms with Gasteiger partial charge in [0.1, 0.15) is 22.8 Å². The molecule has 1 amide bonds. The van der Waals surface area contributed by atoms with Crippen LogP contribution in [0.2, 0.25) is 5.02 Å². The molecule has 188 valence electrons. The van der Waals surface area contributed by atoms with Gasteiger partial charge in [-0.3, -0.25) is 19.3 Å². The topological polar surface area (TPSA) is 161 Å². The molecular weight excluding hydrogens is 476 g/mol. The number of primary amides is 1. The number of carbonyl (C=O) groups is 3. The fraction of sp³-hybridized carbons (Fsp3) is 0.480. The van der Waals surface area contributed by atoms with Crippen LogP contribution in [0.4, 0.5) is 0 Å². The van der Waals surface area contributed by atoms with Crippen molar-refractivity contribution in [2.45, 2.75) is 51.2 Å². The number of aliphatic hydroxyl groups excluding tert-OH is 2. The van der Waals surface area contributed by atoms with Crippen molar-refractivity contribution < 1.29 is 34.8 Å². The number of hydrogen-bond donors (Lipinski definition) is 5. The number of phenols is 1.